The molecule has 0 amide bonds. The summed E-state index contributed by atoms with van der Waals surface area (Å²) in [4.78, 5) is 24.5. The first kappa shape index (κ1) is 20.7. The van der Waals surface area contributed by atoms with Gasteiger partial charge >= 0.3 is 12.4 Å². The van der Waals surface area contributed by atoms with E-state index in [1.807, 2.05) is 0 Å². The van der Waals surface area contributed by atoms with Crippen LogP contribution >= 0.6 is 0 Å². The van der Waals surface area contributed by atoms with Crippen LogP contribution in [0.1, 0.15) is 49.4 Å². The molecule has 2 rings (SSSR count). The Bertz CT molecular complexity index is 821. The second kappa shape index (κ2) is 7.17. The molecule has 0 spiro atoms. The number of Topliss-reactive ketones (excluding diaryl/α,β-unsaturated/α-hetero) is 2. The molecule has 144 valence electrons. The Kier molecular flexibility index (Phi) is 5.49. The highest BCUT2D eigenvalue weighted by atomic mass is 19.4. The lowest BCUT2D eigenvalue weighted by molar-refractivity contribution is -0.138. The van der Waals surface area contributed by atoms with E-state index in [-0.39, 0.29) is 22.3 Å². The van der Waals surface area contributed by atoms with Crippen molar-refractivity contribution in [1.29, 1.82) is 0 Å². The van der Waals surface area contributed by atoms with E-state index in [9.17, 15) is 35.9 Å². The van der Waals surface area contributed by atoms with Gasteiger partial charge in [-0.2, -0.15) is 26.3 Å². The molecule has 0 saturated carbocycles. The van der Waals surface area contributed by atoms with Crippen LogP contribution in [0.5, 0.6) is 0 Å². The van der Waals surface area contributed by atoms with Crippen LogP contribution in [0.2, 0.25) is 0 Å². The lowest BCUT2D eigenvalue weighted by Gasteiger charge is -2.12. The van der Waals surface area contributed by atoms with Crippen LogP contribution in [0.25, 0.3) is 0 Å². The first-order valence-electron chi connectivity index (χ1n) is 7.73. The first-order chi connectivity index (χ1) is 12.3. The molecule has 0 aliphatic heterocycles. The van der Waals surface area contributed by atoms with Gasteiger partial charge in [0.1, 0.15) is 0 Å². The minimum atomic E-state index is -4.56. The molecule has 0 radical (unpaired) electrons. The van der Waals surface area contributed by atoms with Crippen molar-refractivity contribution in [2.24, 2.45) is 0 Å². The summed E-state index contributed by atoms with van der Waals surface area (Å²) in [6.07, 6.45) is -9.77. The fraction of sp³-hybridized carbons (Fsp3) is 0.263. The number of rotatable bonds is 4. The second-order valence-electron chi connectivity index (χ2n) is 6.08. The molecular weight excluding hydrogens is 374 g/mol. The highest BCUT2D eigenvalue weighted by Crippen LogP contribution is 2.32. The maximum absolute atomic E-state index is 12.7. The second-order valence-corrected chi connectivity index (χ2v) is 6.08. The van der Waals surface area contributed by atoms with E-state index in [4.69, 9.17) is 0 Å². The van der Waals surface area contributed by atoms with Crippen molar-refractivity contribution < 1.29 is 35.9 Å². The third-order valence-electron chi connectivity index (χ3n) is 4.03. The number of ketones is 2. The summed E-state index contributed by atoms with van der Waals surface area (Å²) in [7, 11) is 0. The number of aryl methyl sites for hydroxylation is 2. The molecule has 0 unspecified atom stereocenters. The van der Waals surface area contributed by atoms with Gasteiger partial charge in [-0.3, -0.25) is 9.59 Å². The molecule has 0 fully saturated rings. The number of halogens is 6. The summed E-state index contributed by atoms with van der Waals surface area (Å²) in [6, 6.07) is 5.09. The van der Waals surface area contributed by atoms with Crippen molar-refractivity contribution >= 4 is 11.6 Å². The van der Waals surface area contributed by atoms with Gasteiger partial charge in [-0.15, -0.1) is 0 Å². The Balaban J connectivity index is 2.22. The molecule has 0 saturated heterocycles. The fourth-order valence-corrected chi connectivity index (χ4v) is 2.64. The van der Waals surface area contributed by atoms with Crippen LogP contribution in [0.3, 0.4) is 0 Å². The summed E-state index contributed by atoms with van der Waals surface area (Å²) in [5.74, 6) is -1.41. The molecule has 2 aromatic rings. The monoisotopic (exact) mass is 388 g/mol. The van der Waals surface area contributed by atoms with E-state index in [1.54, 1.807) is 0 Å². The molecule has 0 N–H and O–H groups in total. The van der Waals surface area contributed by atoms with Gasteiger partial charge in [0.15, 0.2) is 11.6 Å². The van der Waals surface area contributed by atoms with Gasteiger partial charge in [0, 0.05) is 11.1 Å². The SMILES string of the molecule is Cc1cc(C(F)(F)F)ccc1C(=O)CC(=O)c1ccc(C(F)(F)F)cc1C. The van der Waals surface area contributed by atoms with Gasteiger partial charge in [-0.05, 0) is 49.2 Å². The molecule has 0 heterocycles. The van der Waals surface area contributed by atoms with Gasteiger partial charge in [-0.1, -0.05) is 12.1 Å². The van der Waals surface area contributed by atoms with E-state index < -0.39 is 41.5 Å². The standard InChI is InChI=1S/C19H14F6O2/c1-10-7-12(18(20,21)22)3-5-14(10)16(26)9-17(27)15-6-4-13(8-11(15)2)19(23,24)25/h3-8H,9H2,1-2H3. The zero-order valence-corrected chi connectivity index (χ0v) is 14.3. The van der Waals surface area contributed by atoms with E-state index in [0.717, 1.165) is 36.4 Å². The number of alkyl halides is 6. The normalized spacial score (nSPS) is 12.1. The number of hydrogen-bond acceptors (Lipinski definition) is 2. The highest BCUT2D eigenvalue weighted by molar-refractivity contribution is 6.14. The molecule has 0 atom stereocenters. The van der Waals surface area contributed by atoms with E-state index >= 15 is 0 Å². The molecular formula is C19H14F6O2. The molecule has 0 aliphatic rings. The number of benzene rings is 2. The van der Waals surface area contributed by atoms with Crippen molar-refractivity contribution in [3.8, 4) is 0 Å². The van der Waals surface area contributed by atoms with Gasteiger partial charge < -0.3 is 0 Å². The van der Waals surface area contributed by atoms with Crippen molar-refractivity contribution in [3.05, 3.63) is 69.8 Å². The van der Waals surface area contributed by atoms with Crippen LogP contribution in [-0.2, 0) is 12.4 Å². The number of carbonyl (C=O) groups is 2. The van der Waals surface area contributed by atoms with E-state index in [0.29, 0.717) is 0 Å². The third kappa shape index (κ3) is 4.75. The minimum Gasteiger partial charge on any atom is -0.294 e. The summed E-state index contributed by atoms with van der Waals surface area (Å²) >= 11 is 0. The smallest absolute Gasteiger partial charge is 0.294 e. The van der Waals surface area contributed by atoms with Crippen molar-refractivity contribution in [2.45, 2.75) is 32.6 Å². The van der Waals surface area contributed by atoms with Crippen LogP contribution in [-0.4, -0.2) is 11.6 Å². The lowest BCUT2D eigenvalue weighted by atomic mass is 9.94. The predicted octanol–water partition coefficient (Wildman–Crippen LogP) is 5.80. The largest absolute Gasteiger partial charge is 0.416 e. The zero-order valence-electron chi connectivity index (χ0n) is 14.3. The van der Waals surface area contributed by atoms with Gasteiger partial charge in [0.25, 0.3) is 0 Å². The quantitative estimate of drug-likeness (QED) is 0.377. The lowest BCUT2D eigenvalue weighted by Crippen LogP contribution is -2.13. The summed E-state index contributed by atoms with van der Waals surface area (Å²) < 4.78 is 76.0. The van der Waals surface area contributed by atoms with Crippen LogP contribution in [0, 0.1) is 13.8 Å². The van der Waals surface area contributed by atoms with Crippen molar-refractivity contribution in [3.63, 3.8) is 0 Å². The Morgan fingerprint density at radius 1 is 0.704 bits per heavy atom. The average molecular weight is 388 g/mol. The van der Waals surface area contributed by atoms with Crippen LogP contribution in [0.15, 0.2) is 36.4 Å². The molecule has 0 aromatic heterocycles. The summed E-state index contributed by atoms with van der Waals surface area (Å²) in [5, 5.41) is 0. The Hall–Kier alpha value is -2.64. The minimum absolute atomic E-state index is 0.0408. The Morgan fingerprint density at radius 2 is 1.04 bits per heavy atom. The molecule has 0 bridgehead atoms. The zero-order chi connectivity index (χ0) is 20.6. The number of carbonyl (C=O) groups excluding carboxylic acids is 2. The van der Waals surface area contributed by atoms with Crippen LogP contribution < -0.4 is 0 Å². The number of hydrogen-bond donors (Lipinski definition) is 0. The van der Waals surface area contributed by atoms with Crippen molar-refractivity contribution in [2.75, 3.05) is 0 Å². The molecule has 2 nitrogen and oxygen atoms in total. The maximum atomic E-state index is 12.7. The fourth-order valence-electron chi connectivity index (χ4n) is 2.64. The van der Waals surface area contributed by atoms with Gasteiger partial charge in [-0.25, -0.2) is 0 Å². The maximum Gasteiger partial charge on any atom is 0.416 e. The van der Waals surface area contributed by atoms with Crippen molar-refractivity contribution in [1.82, 2.24) is 0 Å². The van der Waals surface area contributed by atoms with Gasteiger partial charge in [0.2, 0.25) is 0 Å². The topological polar surface area (TPSA) is 34.1 Å². The Labute approximate surface area is 150 Å². The Morgan fingerprint density at radius 3 is 1.30 bits per heavy atom. The molecule has 2 aromatic carbocycles. The molecule has 0 aliphatic carbocycles. The molecule has 27 heavy (non-hydrogen) atoms. The predicted molar refractivity (Wildman–Crippen MR) is 85.6 cm³/mol. The first-order valence-corrected chi connectivity index (χ1v) is 7.73. The van der Waals surface area contributed by atoms with E-state index in [2.05, 4.69) is 0 Å². The summed E-state index contributed by atoms with van der Waals surface area (Å²) in [6.45, 7) is 2.63. The van der Waals surface area contributed by atoms with E-state index in [1.165, 1.54) is 13.8 Å². The third-order valence-corrected chi connectivity index (χ3v) is 4.03. The molecule has 8 heteroatoms. The van der Waals surface area contributed by atoms with Gasteiger partial charge in [0.05, 0.1) is 17.5 Å². The summed E-state index contributed by atoms with van der Waals surface area (Å²) in [5.41, 5.74) is -1.79. The highest BCUT2D eigenvalue weighted by Gasteiger charge is 2.32. The average Bonchev–Trinajstić information content (AvgIpc) is 2.52. The van der Waals surface area contributed by atoms with Crippen LogP contribution in [0.4, 0.5) is 26.3 Å².